The molecule has 0 fully saturated rings. The Kier molecular flexibility index (Phi) is 4.71. The Hall–Kier alpha value is -1.65. The topological polar surface area (TPSA) is 46.5 Å². The van der Waals surface area contributed by atoms with Crippen molar-refractivity contribution in [1.29, 1.82) is 0 Å². The summed E-state index contributed by atoms with van der Waals surface area (Å²) in [6.45, 7) is 2.14. The Morgan fingerprint density at radius 2 is 2.26 bits per heavy atom. The van der Waals surface area contributed by atoms with Crippen LogP contribution in [0.15, 0.2) is 41.1 Å². The molecule has 0 amide bonds. The number of aliphatic hydroxyl groups is 1. The quantitative estimate of drug-likeness (QED) is 0.853. The lowest BCUT2D eigenvalue weighted by Crippen LogP contribution is -2.06. The van der Waals surface area contributed by atoms with Crippen LogP contribution in [0.25, 0.3) is 0 Å². The number of hydrogen-bond donors (Lipinski definition) is 1. The molecule has 2 rings (SSSR count). The Balaban J connectivity index is 2.09. The molecule has 0 spiro atoms. The number of aliphatic hydroxyl groups excluding tert-OH is 1. The maximum Gasteiger partial charge on any atom is 0.338 e. The first-order valence-corrected chi connectivity index (χ1v) is 7.11. The van der Waals surface area contributed by atoms with Gasteiger partial charge in [0.05, 0.1) is 18.3 Å². The summed E-state index contributed by atoms with van der Waals surface area (Å²) in [6.07, 6.45) is -0.0482. The van der Waals surface area contributed by atoms with E-state index in [4.69, 9.17) is 4.74 Å². The molecule has 1 aromatic carbocycles. The molecular formula is C15H16O3S. The molecule has 1 N–H and O–H groups in total. The first-order valence-electron chi connectivity index (χ1n) is 6.17. The number of esters is 1. The molecule has 19 heavy (non-hydrogen) atoms. The predicted molar refractivity (Wildman–Crippen MR) is 75.4 cm³/mol. The summed E-state index contributed by atoms with van der Waals surface area (Å²) in [4.78, 5) is 11.6. The molecule has 1 heterocycles. The molecule has 0 aliphatic heterocycles. The molecule has 1 aromatic heterocycles. The van der Waals surface area contributed by atoms with E-state index in [1.807, 2.05) is 29.0 Å². The van der Waals surface area contributed by atoms with Crippen LogP contribution in [-0.2, 0) is 11.2 Å². The molecule has 0 bridgehead atoms. The zero-order valence-electron chi connectivity index (χ0n) is 10.7. The third-order valence-electron chi connectivity index (χ3n) is 2.80. The maximum atomic E-state index is 11.6. The van der Waals surface area contributed by atoms with E-state index >= 15 is 0 Å². The summed E-state index contributed by atoms with van der Waals surface area (Å²) in [6, 6.07) is 9.11. The van der Waals surface area contributed by atoms with Crippen LogP contribution < -0.4 is 0 Å². The van der Waals surface area contributed by atoms with Crippen molar-refractivity contribution < 1.29 is 14.6 Å². The normalized spacial score (nSPS) is 12.1. The summed E-state index contributed by atoms with van der Waals surface area (Å²) in [5.74, 6) is -0.325. The molecule has 2 aromatic rings. The van der Waals surface area contributed by atoms with Crippen molar-refractivity contribution in [3.8, 4) is 0 Å². The smallest absolute Gasteiger partial charge is 0.338 e. The van der Waals surface area contributed by atoms with Crippen molar-refractivity contribution in [2.45, 2.75) is 19.4 Å². The van der Waals surface area contributed by atoms with E-state index in [0.717, 1.165) is 11.1 Å². The highest BCUT2D eigenvalue weighted by atomic mass is 32.1. The van der Waals surface area contributed by atoms with Gasteiger partial charge in [-0.25, -0.2) is 4.79 Å². The number of carbonyl (C=O) groups is 1. The van der Waals surface area contributed by atoms with Crippen LogP contribution in [0.5, 0.6) is 0 Å². The SMILES string of the molecule is CCOC(=O)c1cccc(CC(O)c2ccsc2)c1. The van der Waals surface area contributed by atoms with Gasteiger partial charge >= 0.3 is 5.97 Å². The number of benzene rings is 1. The molecule has 3 nitrogen and oxygen atoms in total. The minimum Gasteiger partial charge on any atom is -0.462 e. The number of carbonyl (C=O) groups excluding carboxylic acids is 1. The van der Waals surface area contributed by atoms with Gasteiger partial charge in [-0.3, -0.25) is 0 Å². The zero-order valence-corrected chi connectivity index (χ0v) is 11.5. The lowest BCUT2D eigenvalue weighted by atomic mass is 10.0. The Bertz CT molecular complexity index is 534. The lowest BCUT2D eigenvalue weighted by Gasteiger charge is -2.10. The second-order valence-corrected chi connectivity index (χ2v) is 4.98. The van der Waals surface area contributed by atoms with Gasteiger partial charge in [-0.15, -0.1) is 0 Å². The molecule has 0 aliphatic rings. The van der Waals surface area contributed by atoms with E-state index in [1.54, 1.807) is 30.4 Å². The van der Waals surface area contributed by atoms with E-state index in [2.05, 4.69) is 0 Å². The van der Waals surface area contributed by atoms with Crippen LogP contribution in [0.1, 0.15) is 34.5 Å². The summed E-state index contributed by atoms with van der Waals surface area (Å²) in [5, 5.41) is 14.0. The maximum absolute atomic E-state index is 11.6. The molecule has 0 saturated heterocycles. The van der Waals surface area contributed by atoms with Gasteiger partial charge in [0.2, 0.25) is 0 Å². The van der Waals surface area contributed by atoms with Crippen LogP contribution in [0.2, 0.25) is 0 Å². The summed E-state index contributed by atoms with van der Waals surface area (Å²) >= 11 is 1.56. The lowest BCUT2D eigenvalue weighted by molar-refractivity contribution is 0.0526. The fourth-order valence-corrected chi connectivity index (χ4v) is 2.55. The van der Waals surface area contributed by atoms with Crippen LogP contribution >= 0.6 is 11.3 Å². The third-order valence-corrected chi connectivity index (χ3v) is 3.50. The van der Waals surface area contributed by atoms with E-state index in [0.29, 0.717) is 18.6 Å². The Morgan fingerprint density at radius 3 is 2.95 bits per heavy atom. The molecule has 1 atom stereocenters. The van der Waals surface area contributed by atoms with Crippen LogP contribution in [-0.4, -0.2) is 17.7 Å². The molecule has 0 aliphatic carbocycles. The van der Waals surface area contributed by atoms with Gasteiger partial charge in [0, 0.05) is 6.42 Å². The minimum atomic E-state index is -0.538. The standard InChI is InChI=1S/C15H16O3S/c1-2-18-15(17)12-5-3-4-11(8-12)9-14(16)13-6-7-19-10-13/h3-8,10,14,16H,2,9H2,1H3. The van der Waals surface area contributed by atoms with E-state index < -0.39 is 6.10 Å². The van der Waals surface area contributed by atoms with Crippen molar-refractivity contribution in [1.82, 2.24) is 0 Å². The monoisotopic (exact) mass is 276 g/mol. The Morgan fingerprint density at radius 1 is 1.42 bits per heavy atom. The van der Waals surface area contributed by atoms with E-state index in [9.17, 15) is 9.90 Å². The highest BCUT2D eigenvalue weighted by Gasteiger charge is 2.11. The fraction of sp³-hybridized carbons (Fsp3) is 0.267. The van der Waals surface area contributed by atoms with Crippen molar-refractivity contribution >= 4 is 17.3 Å². The van der Waals surface area contributed by atoms with Gasteiger partial charge in [-0.05, 0) is 47.0 Å². The minimum absolute atomic E-state index is 0.325. The molecule has 0 saturated carbocycles. The van der Waals surface area contributed by atoms with Gasteiger partial charge in [0.15, 0.2) is 0 Å². The van der Waals surface area contributed by atoms with Gasteiger partial charge in [0.1, 0.15) is 0 Å². The number of thiophene rings is 1. The summed E-state index contributed by atoms with van der Waals surface area (Å²) in [5.41, 5.74) is 2.35. The first-order chi connectivity index (χ1) is 9.20. The van der Waals surface area contributed by atoms with Gasteiger partial charge in [0.25, 0.3) is 0 Å². The third kappa shape index (κ3) is 3.66. The van der Waals surface area contributed by atoms with Gasteiger partial charge in [-0.1, -0.05) is 12.1 Å². The van der Waals surface area contributed by atoms with Crippen LogP contribution in [0.3, 0.4) is 0 Å². The number of hydrogen-bond acceptors (Lipinski definition) is 4. The van der Waals surface area contributed by atoms with Crippen LogP contribution in [0.4, 0.5) is 0 Å². The van der Waals surface area contributed by atoms with Gasteiger partial charge < -0.3 is 9.84 Å². The van der Waals surface area contributed by atoms with Crippen molar-refractivity contribution in [2.75, 3.05) is 6.61 Å². The molecular weight excluding hydrogens is 260 g/mol. The van der Waals surface area contributed by atoms with Crippen molar-refractivity contribution in [2.24, 2.45) is 0 Å². The molecule has 100 valence electrons. The van der Waals surface area contributed by atoms with Crippen molar-refractivity contribution in [3.05, 3.63) is 57.8 Å². The molecule has 1 unspecified atom stereocenters. The highest BCUT2D eigenvalue weighted by molar-refractivity contribution is 7.07. The largest absolute Gasteiger partial charge is 0.462 e. The second-order valence-electron chi connectivity index (χ2n) is 4.20. The number of ether oxygens (including phenoxy) is 1. The zero-order chi connectivity index (χ0) is 13.7. The fourth-order valence-electron chi connectivity index (χ4n) is 1.85. The Labute approximate surface area is 116 Å². The second kappa shape index (κ2) is 6.50. The average molecular weight is 276 g/mol. The molecule has 0 radical (unpaired) electrons. The predicted octanol–water partition coefficient (Wildman–Crippen LogP) is 3.20. The van der Waals surface area contributed by atoms with Crippen LogP contribution in [0, 0.1) is 0 Å². The van der Waals surface area contributed by atoms with Crippen molar-refractivity contribution in [3.63, 3.8) is 0 Å². The highest BCUT2D eigenvalue weighted by Crippen LogP contribution is 2.21. The average Bonchev–Trinajstić information content (AvgIpc) is 2.93. The van der Waals surface area contributed by atoms with Gasteiger partial charge in [-0.2, -0.15) is 11.3 Å². The number of rotatable bonds is 5. The van der Waals surface area contributed by atoms with E-state index in [1.165, 1.54) is 0 Å². The summed E-state index contributed by atoms with van der Waals surface area (Å²) < 4.78 is 4.96. The summed E-state index contributed by atoms with van der Waals surface area (Å²) in [7, 11) is 0. The van der Waals surface area contributed by atoms with E-state index in [-0.39, 0.29) is 5.97 Å². The first kappa shape index (κ1) is 13.8. The molecule has 4 heteroatoms.